The molecular formula is C24H36IN5O. The molecule has 6 nitrogen and oxygen atoms in total. The molecule has 2 N–H and O–H groups in total. The van der Waals surface area contributed by atoms with Gasteiger partial charge in [0.05, 0.1) is 0 Å². The van der Waals surface area contributed by atoms with Crippen LogP contribution < -0.4 is 20.3 Å². The van der Waals surface area contributed by atoms with Crippen molar-refractivity contribution in [1.29, 1.82) is 0 Å². The average Bonchev–Trinajstić information content (AvgIpc) is 2.71. The maximum absolute atomic E-state index is 6.10. The van der Waals surface area contributed by atoms with Crippen molar-refractivity contribution in [3.8, 4) is 5.75 Å². The minimum atomic E-state index is -0.226. The average molecular weight is 537 g/mol. The van der Waals surface area contributed by atoms with Gasteiger partial charge in [-0.15, -0.1) is 24.0 Å². The van der Waals surface area contributed by atoms with Gasteiger partial charge in [-0.25, -0.2) is 4.98 Å². The van der Waals surface area contributed by atoms with Crippen molar-refractivity contribution in [2.45, 2.75) is 58.7 Å². The number of benzene rings is 1. The molecule has 7 heteroatoms. The summed E-state index contributed by atoms with van der Waals surface area (Å²) in [6.45, 7) is 10.9. The van der Waals surface area contributed by atoms with E-state index in [1.807, 2.05) is 38.2 Å². The summed E-state index contributed by atoms with van der Waals surface area (Å²) in [5.74, 6) is 2.81. The summed E-state index contributed by atoms with van der Waals surface area (Å²) < 4.78 is 6.10. The fourth-order valence-electron chi connectivity index (χ4n) is 3.60. The second kappa shape index (κ2) is 11.5. The molecule has 1 aliphatic rings. The van der Waals surface area contributed by atoms with Crippen LogP contribution in [0.4, 0.5) is 5.82 Å². The van der Waals surface area contributed by atoms with Crippen LogP contribution in [-0.2, 0) is 6.54 Å². The van der Waals surface area contributed by atoms with Gasteiger partial charge in [0.2, 0.25) is 0 Å². The highest BCUT2D eigenvalue weighted by Gasteiger charge is 2.21. The monoisotopic (exact) mass is 537 g/mol. The highest BCUT2D eigenvalue weighted by molar-refractivity contribution is 14.0. The fraction of sp³-hybridized carbons (Fsp3) is 0.500. The Morgan fingerprint density at radius 3 is 2.48 bits per heavy atom. The van der Waals surface area contributed by atoms with Crippen molar-refractivity contribution in [2.75, 3.05) is 25.0 Å². The molecule has 1 aromatic carbocycles. The first-order valence-corrected chi connectivity index (χ1v) is 10.8. The third-order valence-electron chi connectivity index (χ3n) is 5.09. The molecule has 2 heterocycles. The maximum atomic E-state index is 6.10. The Morgan fingerprint density at radius 2 is 1.84 bits per heavy atom. The number of piperidine rings is 1. The van der Waals surface area contributed by atoms with Crippen molar-refractivity contribution in [3.05, 3.63) is 53.7 Å². The van der Waals surface area contributed by atoms with Gasteiger partial charge in [-0.1, -0.05) is 24.3 Å². The second-order valence-corrected chi connectivity index (χ2v) is 8.79. The molecule has 0 amide bonds. The van der Waals surface area contributed by atoms with Crippen molar-refractivity contribution in [2.24, 2.45) is 4.99 Å². The predicted molar refractivity (Wildman–Crippen MR) is 140 cm³/mol. The predicted octanol–water partition coefficient (Wildman–Crippen LogP) is 4.52. The molecule has 3 rings (SSSR count). The van der Waals surface area contributed by atoms with Gasteiger partial charge in [0, 0.05) is 44.0 Å². The van der Waals surface area contributed by atoms with Crippen molar-refractivity contribution in [3.63, 3.8) is 0 Å². The van der Waals surface area contributed by atoms with Crippen LogP contribution >= 0.6 is 24.0 Å². The molecule has 2 aromatic rings. The number of aromatic nitrogens is 1. The lowest BCUT2D eigenvalue weighted by Gasteiger charge is -2.34. The lowest BCUT2D eigenvalue weighted by molar-refractivity contribution is 0.129. The Morgan fingerprint density at radius 1 is 1.13 bits per heavy atom. The number of ether oxygens (including phenoxy) is 1. The summed E-state index contributed by atoms with van der Waals surface area (Å²) in [7, 11) is 1.82. The van der Waals surface area contributed by atoms with Gasteiger partial charge >= 0.3 is 0 Å². The van der Waals surface area contributed by atoms with E-state index >= 15 is 0 Å². The van der Waals surface area contributed by atoms with Gasteiger partial charge in [-0.05, 0) is 58.7 Å². The molecule has 0 saturated carbocycles. The molecular weight excluding hydrogens is 501 g/mol. The first kappa shape index (κ1) is 25.2. The number of hydrogen-bond donors (Lipinski definition) is 2. The zero-order valence-corrected chi connectivity index (χ0v) is 21.6. The molecule has 1 aliphatic heterocycles. The van der Waals surface area contributed by atoms with E-state index in [0.717, 1.165) is 54.7 Å². The number of halogens is 1. The molecule has 1 aromatic heterocycles. The van der Waals surface area contributed by atoms with Crippen molar-refractivity contribution < 1.29 is 4.74 Å². The van der Waals surface area contributed by atoms with E-state index < -0.39 is 0 Å². The number of hydrogen-bond acceptors (Lipinski definition) is 4. The number of guanidine groups is 1. The summed E-state index contributed by atoms with van der Waals surface area (Å²) in [6.07, 6.45) is 2.11. The van der Waals surface area contributed by atoms with Crippen LogP contribution in [0, 0.1) is 6.92 Å². The molecule has 0 atom stereocenters. The van der Waals surface area contributed by atoms with Gasteiger partial charge in [0.1, 0.15) is 17.2 Å². The van der Waals surface area contributed by atoms with Crippen LogP contribution in [-0.4, -0.2) is 42.7 Å². The van der Waals surface area contributed by atoms with Gasteiger partial charge in [-0.3, -0.25) is 4.99 Å². The quantitative estimate of drug-likeness (QED) is 0.334. The molecule has 1 saturated heterocycles. The Hall–Kier alpha value is -2.03. The van der Waals surface area contributed by atoms with Crippen LogP contribution in [0.1, 0.15) is 44.9 Å². The SMILES string of the molecule is CN=C(NCc1ccccc1OC(C)(C)C)NC1CCN(c2cccc(C)n2)CC1.I. The maximum Gasteiger partial charge on any atom is 0.191 e. The first-order valence-electron chi connectivity index (χ1n) is 10.8. The lowest BCUT2D eigenvalue weighted by Crippen LogP contribution is -2.48. The largest absolute Gasteiger partial charge is 0.488 e. The number of nitrogens with one attached hydrogen (secondary N) is 2. The summed E-state index contributed by atoms with van der Waals surface area (Å²) in [5.41, 5.74) is 1.96. The van der Waals surface area contributed by atoms with Gasteiger partial charge < -0.3 is 20.3 Å². The molecule has 0 radical (unpaired) electrons. The molecule has 31 heavy (non-hydrogen) atoms. The normalized spacial score (nSPS) is 15.3. The number of pyridine rings is 1. The lowest BCUT2D eigenvalue weighted by atomic mass is 10.1. The Kier molecular flexibility index (Phi) is 9.40. The second-order valence-electron chi connectivity index (χ2n) is 8.79. The highest BCUT2D eigenvalue weighted by Crippen LogP contribution is 2.23. The summed E-state index contributed by atoms with van der Waals surface area (Å²) in [4.78, 5) is 11.4. The van der Waals surface area contributed by atoms with Crippen LogP contribution in [0.15, 0.2) is 47.5 Å². The Balaban J connectivity index is 0.00000341. The van der Waals surface area contributed by atoms with Crippen LogP contribution in [0.25, 0.3) is 0 Å². The standard InChI is InChI=1S/C24H35N5O.HI/c1-18-9-8-12-22(27-18)29-15-13-20(14-16-29)28-23(25-5)26-17-19-10-6-7-11-21(19)30-24(2,3)4;/h6-12,20H,13-17H2,1-5H3,(H2,25,26,28);1H. The minimum Gasteiger partial charge on any atom is -0.488 e. The number of aliphatic imine (C=N–C) groups is 1. The number of anilines is 1. The van der Waals surface area contributed by atoms with E-state index in [0.29, 0.717) is 12.6 Å². The molecule has 0 bridgehead atoms. The molecule has 170 valence electrons. The topological polar surface area (TPSA) is 61.8 Å². The molecule has 0 unspecified atom stereocenters. The third-order valence-corrected chi connectivity index (χ3v) is 5.09. The van der Waals surface area contributed by atoms with Crippen LogP contribution in [0.2, 0.25) is 0 Å². The number of para-hydroxylation sites is 1. The van der Waals surface area contributed by atoms with E-state index in [1.54, 1.807) is 0 Å². The number of nitrogens with zero attached hydrogens (tertiary/aromatic N) is 3. The summed E-state index contributed by atoms with van der Waals surface area (Å²) in [6, 6.07) is 14.8. The smallest absolute Gasteiger partial charge is 0.191 e. The molecule has 0 spiro atoms. The zero-order valence-electron chi connectivity index (χ0n) is 19.3. The van der Waals surface area contributed by atoms with E-state index in [1.165, 1.54) is 0 Å². The fourth-order valence-corrected chi connectivity index (χ4v) is 3.60. The van der Waals surface area contributed by atoms with Crippen molar-refractivity contribution >= 4 is 35.8 Å². The third kappa shape index (κ3) is 7.87. The number of aryl methyl sites for hydroxylation is 1. The molecule has 0 aliphatic carbocycles. The van der Waals surface area contributed by atoms with E-state index in [-0.39, 0.29) is 29.6 Å². The molecule has 1 fully saturated rings. The van der Waals surface area contributed by atoms with E-state index in [4.69, 9.17) is 4.74 Å². The Bertz CT molecular complexity index is 857. The summed E-state index contributed by atoms with van der Waals surface area (Å²) >= 11 is 0. The zero-order chi connectivity index (χ0) is 21.6. The van der Waals surface area contributed by atoms with Gasteiger partial charge in [-0.2, -0.15) is 0 Å². The van der Waals surface area contributed by atoms with Gasteiger partial charge in [0.15, 0.2) is 5.96 Å². The van der Waals surface area contributed by atoms with Gasteiger partial charge in [0.25, 0.3) is 0 Å². The highest BCUT2D eigenvalue weighted by atomic mass is 127. The summed E-state index contributed by atoms with van der Waals surface area (Å²) in [5, 5.41) is 7.02. The minimum absolute atomic E-state index is 0. The van der Waals surface area contributed by atoms with Crippen LogP contribution in [0.5, 0.6) is 5.75 Å². The van der Waals surface area contributed by atoms with E-state index in [2.05, 4.69) is 64.5 Å². The van der Waals surface area contributed by atoms with Crippen molar-refractivity contribution in [1.82, 2.24) is 15.6 Å². The first-order chi connectivity index (χ1) is 14.3. The van der Waals surface area contributed by atoms with E-state index in [9.17, 15) is 0 Å². The Labute approximate surface area is 203 Å². The number of rotatable bonds is 5. The van der Waals surface area contributed by atoms with Crippen LogP contribution in [0.3, 0.4) is 0 Å².